The highest BCUT2D eigenvalue weighted by Gasteiger charge is 2.09. The van der Waals surface area contributed by atoms with E-state index in [9.17, 15) is 14.4 Å². The molecule has 0 aromatic carbocycles. The summed E-state index contributed by atoms with van der Waals surface area (Å²) in [5.41, 5.74) is 25.1. The second-order valence-corrected chi connectivity index (χ2v) is 5.67. The summed E-state index contributed by atoms with van der Waals surface area (Å²) in [6.07, 6.45) is 0.956. The summed E-state index contributed by atoms with van der Waals surface area (Å²) < 4.78 is 0. The summed E-state index contributed by atoms with van der Waals surface area (Å²) in [6.45, 7) is 2.70. The molecular weight excluding hydrogens is 420 g/mol. The molecule has 0 aliphatic carbocycles. The Morgan fingerprint density at radius 2 is 1.39 bits per heavy atom. The van der Waals surface area contributed by atoms with E-state index in [0.717, 1.165) is 11.8 Å². The first-order valence-corrected chi connectivity index (χ1v) is 8.44. The SMILES string of the molecule is CC(=O)O.CN(CC(=O)O)C(=N)N.C[C@H](N)C(=O)O.NC(N)=NCCC[C@H](N)C(=O)O. The Balaban J connectivity index is -0.000000169. The van der Waals surface area contributed by atoms with Gasteiger partial charge in [0.25, 0.3) is 5.97 Å². The molecule has 0 aromatic rings. The van der Waals surface area contributed by atoms with Gasteiger partial charge < -0.3 is 54.0 Å². The zero-order valence-corrected chi connectivity index (χ0v) is 17.7. The van der Waals surface area contributed by atoms with E-state index in [4.69, 9.17) is 59.3 Å². The standard InChI is InChI=1S/C6H14N4O2.C4H9N3O2.C3H7NO2.C2H4O2/c7-4(5(11)12)2-1-3-10-6(8)9;1-7(4(5)6)2-3(8)9;1-2(4)3(5)6;1-2(3)4/h4H,1-3,7H2,(H,11,12)(H4,8,9,10);2H2,1H3,(H3,5,6)(H,8,9);2H,4H2,1H3,(H,5,6);1H3,(H,3,4)/t4-;;2-;/m0.0./s1. The molecule has 182 valence electrons. The fourth-order valence-electron chi connectivity index (χ4n) is 0.931. The number of rotatable bonds is 8. The number of likely N-dealkylation sites (N-methyl/N-ethyl adjacent to an activating group) is 1. The second-order valence-electron chi connectivity index (χ2n) is 5.67. The molecule has 0 bridgehead atoms. The third kappa shape index (κ3) is 41.7. The lowest BCUT2D eigenvalue weighted by Crippen LogP contribution is -2.36. The first-order valence-electron chi connectivity index (χ1n) is 8.44. The predicted octanol–water partition coefficient (Wildman–Crippen LogP) is -3.14. The fraction of sp³-hybridized carbons (Fsp3) is 0.600. The normalized spacial score (nSPS) is 10.6. The largest absolute Gasteiger partial charge is 0.481 e. The van der Waals surface area contributed by atoms with E-state index in [1.165, 1.54) is 14.0 Å². The highest BCUT2D eigenvalue weighted by atomic mass is 16.4. The Hall–Kier alpha value is -3.66. The van der Waals surface area contributed by atoms with Gasteiger partial charge in [-0.3, -0.25) is 29.6 Å². The molecule has 0 saturated heterocycles. The number of carboxylic acids is 4. The van der Waals surface area contributed by atoms with E-state index in [1.807, 2.05) is 0 Å². The first kappa shape index (κ1) is 34.8. The summed E-state index contributed by atoms with van der Waals surface area (Å²) in [5.74, 6) is -4.02. The van der Waals surface area contributed by atoms with Gasteiger partial charge in [0.1, 0.15) is 18.6 Å². The maximum atomic E-state index is 10.2. The number of hydrogen-bond donors (Lipinski definition) is 10. The molecule has 0 fully saturated rings. The lowest BCUT2D eigenvalue weighted by molar-refractivity contribution is -0.139. The van der Waals surface area contributed by atoms with E-state index < -0.39 is 36.0 Å². The van der Waals surface area contributed by atoms with Gasteiger partial charge in [0.05, 0.1) is 0 Å². The maximum Gasteiger partial charge on any atom is 0.323 e. The van der Waals surface area contributed by atoms with Crippen LogP contribution in [-0.4, -0.2) is 93.3 Å². The minimum absolute atomic E-state index is 0.0129. The third-order valence-electron chi connectivity index (χ3n) is 2.46. The highest BCUT2D eigenvalue weighted by molar-refractivity contribution is 5.80. The zero-order chi connectivity index (χ0) is 25.7. The van der Waals surface area contributed by atoms with Crippen LogP contribution in [0.5, 0.6) is 0 Å². The van der Waals surface area contributed by atoms with E-state index in [1.54, 1.807) is 0 Å². The molecule has 0 heterocycles. The molecule has 0 amide bonds. The van der Waals surface area contributed by atoms with Crippen LogP contribution in [0.1, 0.15) is 26.7 Å². The van der Waals surface area contributed by atoms with Crippen LogP contribution >= 0.6 is 0 Å². The van der Waals surface area contributed by atoms with Gasteiger partial charge in [0.2, 0.25) is 0 Å². The molecule has 0 spiro atoms. The fourth-order valence-corrected chi connectivity index (χ4v) is 0.931. The quantitative estimate of drug-likeness (QED) is 0.0983. The van der Waals surface area contributed by atoms with Gasteiger partial charge in [-0.25, -0.2) is 0 Å². The van der Waals surface area contributed by atoms with Crippen LogP contribution in [0, 0.1) is 5.41 Å². The van der Waals surface area contributed by atoms with Gasteiger partial charge in [-0.1, -0.05) is 0 Å². The third-order valence-corrected chi connectivity index (χ3v) is 2.46. The van der Waals surface area contributed by atoms with Gasteiger partial charge >= 0.3 is 17.9 Å². The number of nitrogens with zero attached hydrogens (tertiary/aromatic N) is 2. The van der Waals surface area contributed by atoms with Crippen molar-refractivity contribution in [3.05, 3.63) is 0 Å². The molecule has 31 heavy (non-hydrogen) atoms. The first-order chi connectivity index (χ1) is 13.9. The molecule has 0 aliphatic heterocycles. The van der Waals surface area contributed by atoms with Crippen LogP contribution in [0.2, 0.25) is 0 Å². The van der Waals surface area contributed by atoms with Crippen molar-refractivity contribution in [3.8, 4) is 0 Å². The van der Waals surface area contributed by atoms with Gasteiger partial charge in [0, 0.05) is 20.5 Å². The highest BCUT2D eigenvalue weighted by Crippen LogP contribution is 1.94. The van der Waals surface area contributed by atoms with E-state index >= 15 is 0 Å². The number of carboxylic acid groups (broad SMARTS) is 4. The van der Waals surface area contributed by atoms with Gasteiger partial charge in [0.15, 0.2) is 11.9 Å². The Labute approximate surface area is 179 Å². The zero-order valence-electron chi connectivity index (χ0n) is 17.7. The van der Waals surface area contributed by atoms with Crippen molar-refractivity contribution in [3.63, 3.8) is 0 Å². The molecule has 15 N–H and O–H groups in total. The predicted molar refractivity (Wildman–Crippen MR) is 112 cm³/mol. The summed E-state index contributed by atoms with van der Waals surface area (Å²) in [7, 11) is 1.44. The number of hydrogen-bond acceptors (Lipinski definition) is 8. The van der Waals surface area contributed by atoms with Crippen LogP contribution in [-0.2, 0) is 19.2 Å². The van der Waals surface area contributed by atoms with Crippen molar-refractivity contribution in [1.29, 1.82) is 5.41 Å². The van der Waals surface area contributed by atoms with Crippen LogP contribution in [0.25, 0.3) is 0 Å². The number of guanidine groups is 2. The minimum Gasteiger partial charge on any atom is -0.481 e. The number of carbonyl (C=O) groups is 4. The van der Waals surface area contributed by atoms with Crippen LogP contribution < -0.4 is 28.7 Å². The summed E-state index contributed by atoms with van der Waals surface area (Å²) in [5, 5.41) is 38.5. The van der Waals surface area contributed by atoms with Crippen LogP contribution in [0.15, 0.2) is 4.99 Å². The monoisotopic (exact) mass is 454 g/mol. The average Bonchev–Trinajstić information content (AvgIpc) is 2.58. The maximum absolute atomic E-state index is 10.2. The van der Waals surface area contributed by atoms with Gasteiger partial charge in [-0.05, 0) is 19.8 Å². The molecule has 0 radical (unpaired) electrons. The lowest BCUT2D eigenvalue weighted by atomic mass is 10.2. The molecule has 0 aliphatic rings. The molecule has 2 atom stereocenters. The van der Waals surface area contributed by atoms with Crippen molar-refractivity contribution in [2.45, 2.75) is 38.8 Å². The number of aliphatic carboxylic acids is 4. The van der Waals surface area contributed by atoms with E-state index in [2.05, 4.69) is 4.99 Å². The Kier molecular flexibility index (Phi) is 23.7. The van der Waals surface area contributed by atoms with Crippen molar-refractivity contribution >= 4 is 35.8 Å². The average molecular weight is 454 g/mol. The molecule has 0 unspecified atom stereocenters. The molecule has 0 rings (SSSR count). The number of nitrogens with one attached hydrogen (secondary N) is 1. The molecule has 0 aromatic heterocycles. The molecule has 16 nitrogen and oxygen atoms in total. The molecule has 0 saturated carbocycles. The van der Waals surface area contributed by atoms with Crippen molar-refractivity contribution in [2.75, 3.05) is 20.1 Å². The van der Waals surface area contributed by atoms with Crippen molar-refractivity contribution < 1.29 is 39.6 Å². The summed E-state index contributed by atoms with van der Waals surface area (Å²) in [6, 6.07) is -1.55. The smallest absolute Gasteiger partial charge is 0.323 e. The van der Waals surface area contributed by atoms with Crippen molar-refractivity contribution in [2.24, 2.45) is 33.7 Å². The number of aliphatic imine (C=N–C) groups is 1. The van der Waals surface area contributed by atoms with Crippen LogP contribution in [0.3, 0.4) is 0 Å². The van der Waals surface area contributed by atoms with Gasteiger partial charge in [-0.2, -0.15) is 0 Å². The molecule has 16 heteroatoms. The minimum atomic E-state index is -1.00. The Morgan fingerprint density at radius 3 is 1.58 bits per heavy atom. The summed E-state index contributed by atoms with van der Waals surface area (Å²) >= 11 is 0. The lowest BCUT2D eigenvalue weighted by Gasteiger charge is -2.12. The van der Waals surface area contributed by atoms with E-state index in [-0.39, 0.29) is 18.5 Å². The summed E-state index contributed by atoms with van der Waals surface area (Å²) in [4.78, 5) is 43.5. The van der Waals surface area contributed by atoms with Gasteiger partial charge in [-0.15, -0.1) is 0 Å². The molecular formula is C15H34N8O8. The second kappa shape index (κ2) is 21.1. The number of nitrogens with two attached hydrogens (primary N) is 5. The Bertz CT molecular complexity index is 590. The van der Waals surface area contributed by atoms with E-state index in [0.29, 0.717) is 19.4 Å². The van der Waals surface area contributed by atoms with Crippen molar-refractivity contribution in [1.82, 2.24) is 4.90 Å². The van der Waals surface area contributed by atoms with Crippen LogP contribution in [0.4, 0.5) is 0 Å². The topological polar surface area (TPSA) is 319 Å². The Morgan fingerprint density at radius 1 is 1.00 bits per heavy atom.